The maximum Gasteiger partial charge on any atom is 0.243 e. The topological polar surface area (TPSA) is 62.7 Å². The van der Waals surface area contributed by atoms with Gasteiger partial charge < -0.3 is 9.64 Å². The number of benzene rings is 1. The summed E-state index contributed by atoms with van der Waals surface area (Å²) >= 11 is 0. The summed E-state index contributed by atoms with van der Waals surface area (Å²) in [6, 6.07) is 10.9. The van der Waals surface area contributed by atoms with Gasteiger partial charge in [0.05, 0.1) is 24.2 Å². The number of hydrogen-bond donors (Lipinski definition) is 0. The molecule has 0 unspecified atom stereocenters. The minimum absolute atomic E-state index is 0.188. The molecule has 7 heteroatoms. The van der Waals surface area contributed by atoms with Crippen molar-refractivity contribution in [2.24, 2.45) is 0 Å². The average Bonchev–Trinajstić information content (AvgIpc) is 2.75. The highest BCUT2D eigenvalue weighted by Gasteiger charge is 2.36. The van der Waals surface area contributed by atoms with Crippen molar-refractivity contribution in [1.29, 1.82) is 0 Å². The number of rotatable bonds is 4. The van der Waals surface area contributed by atoms with Gasteiger partial charge in [0.15, 0.2) is 0 Å². The molecular weight excluding hydrogens is 374 g/mol. The highest BCUT2D eigenvalue weighted by Crippen LogP contribution is 2.38. The van der Waals surface area contributed by atoms with E-state index in [2.05, 4.69) is 9.88 Å². The lowest BCUT2D eigenvalue weighted by Gasteiger charge is -2.37. The Morgan fingerprint density at radius 3 is 2.54 bits per heavy atom. The van der Waals surface area contributed by atoms with Gasteiger partial charge in [-0.2, -0.15) is 4.31 Å². The smallest absolute Gasteiger partial charge is 0.243 e. The molecule has 0 amide bonds. The summed E-state index contributed by atoms with van der Waals surface area (Å²) in [5, 5.41) is 0. The van der Waals surface area contributed by atoms with Crippen molar-refractivity contribution < 1.29 is 13.2 Å². The maximum absolute atomic E-state index is 13.4. The lowest BCUT2D eigenvalue weighted by atomic mass is 9.97. The van der Waals surface area contributed by atoms with Crippen LogP contribution in [0.1, 0.15) is 36.4 Å². The fourth-order valence-corrected chi connectivity index (χ4v) is 5.73. The monoisotopic (exact) mass is 401 g/mol. The highest BCUT2D eigenvalue weighted by molar-refractivity contribution is 7.89. The van der Waals surface area contributed by atoms with Gasteiger partial charge in [-0.1, -0.05) is 30.2 Å². The average molecular weight is 402 g/mol. The molecule has 2 aliphatic heterocycles. The van der Waals surface area contributed by atoms with Crippen molar-refractivity contribution in [3.8, 4) is 0 Å². The molecule has 150 valence electrons. The second-order valence-corrected chi connectivity index (χ2v) is 9.35. The number of anilines is 1. The van der Waals surface area contributed by atoms with E-state index < -0.39 is 10.0 Å². The van der Waals surface area contributed by atoms with Crippen LogP contribution in [0.2, 0.25) is 0 Å². The zero-order valence-electron chi connectivity index (χ0n) is 16.3. The van der Waals surface area contributed by atoms with Crippen LogP contribution in [0, 0.1) is 6.92 Å². The number of pyridine rings is 1. The van der Waals surface area contributed by atoms with Crippen molar-refractivity contribution in [3.05, 3.63) is 53.7 Å². The summed E-state index contributed by atoms with van der Waals surface area (Å²) in [4.78, 5) is 7.20. The van der Waals surface area contributed by atoms with E-state index in [4.69, 9.17) is 4.74 Å². The summed E-state index contributed by atoms with van der Waals surface area (Å²) in [6.45, 7) is 5.41. The number of hydrogen-bond acceptors (Lipinski definition) is 5. The number of piperidine rings is 1. The van der Waals surface area contributed by atoms with Crippen LogP contribution in [0.5, 0.6) is 0 Å². The molecule has 0 saturated carbocycles. The second kappa shape index (κ2) is 8.19. The molecule has 2 aromatic rings. The van der Waals surface area contributed by atoms with Crippen LogP contribution in [0.3, 0.4) is 0 Å². The van der Waals surface area contributed by atoms with Crippen LogP contribution in [0.4, 0.5) is 5.82 Å². The van der Waals surface area contributed by atoms with Gasteiger partial charge in [-0.05, 0) is 38.0 Å². The Balaban J connectivity index is 1.71. The Labute approximate surface area is 167 Å². The molecule has 0 radical (unpaired) electrons. The van der Waals surface area contributed by atoms with E-state index >= 15 is 0 Å². The first kappa shape index (κ1) is 19.4. The van der Waals surface area contributed by atoms with Crippen molar-refractivity contribution in [2.45, 2.75) is 37.1 Å². The van der Waals surface area contributed by atoms with E-state index in [-0.39, 0.29) is 6.04 Å². The van der Waals surface area contributed by atoms with Gasteiger partial charge in [-0.15, -0.1) is 0 Å². The predicted octanol–water partition coefficient (Wildman–Crippen LogP) is 3.14. The summed E-state index contributed by atoms with van der Waals surface area (Å²) in [5.74, 6) is 0.891. The standard InChI is InChI=1S/C21H27N3O3S/c1-17-7-9-18(10-8-17)28(25,26)24-12-3-2-6-20(24)19-5-4-11-22-21(19)23-13-15-27-16-14-23/h4-5,7-11,20H,2-3,6,12-16H2,1H3/t20-/m1/s1. The number of nitrogens with zero attached hydrogens (tertiary/aromatic N) is 3. The van der Waals surface area contributed by atoms with E-state index in [0.29, 0.717) is 24.7 Å². The fourth-order valence-electron chi connectivity index (χ4n) is 4.06. The molecule has 2 fully saturated rings. The number of aryl methyl sites for hydroxylation is 1. The van der Waals surface area contributed by atoms with Gasteiger partial charge >= 0.3 is 0 Å². The molecule has 4 rings (SSSR count). The van der Waals surface area contributed by atoms with Crippen molar-refractivity contribution in [2.75, 3.05) is 37.7 Å². The van der Waals surface area contributed by atoms with Gasteiger partial charge in [0.25, 0.3) is 0 Å². The zero-order chi connectivity index (χ0) is 19.6. The second-order valence-electron chi connectivity index (χ2n) is 7.46. The van der Waals surface area contributed by atoms with Crippen LogP contribution < -0.4 is 4.90 Å². The van der Waals surface area contributed by atoms with Gasteiger partial charge in [-0.25, -0.2) is 13.4 Å². The molecule has 0 spiro atoms. The summed E-state index contributed by atoms with van der Waals surface area (Å²) in [7, 11) is -3.56. The Morgan fingerprint density at radius 2 is 1.79 bits per heavy atom. The van der Waals surface area contributed by atoms with Crippen LogP contribution in [0.25, 0.3) is 0 Å². The van der Waals surface area contributed by atoms with Crippen LogP contribution in [0.15, 0.2) is 47.5 Å². The minimum Gasteiger partial charge on any atom is -0.378 e. The molecular formula is C21H27N3O3S. The predicted molar refractivity (Wildman–Crippen MR) is 109 cm³/mol. The van der Waals surface area contributed by atoms with Gasteiger partial charge in [0.1, 0.15) is 5.82 Å². The van der Waals surface area contributed by atoms with Gasteiger partial charge in [0, 0.05) is 31.4 Å². The molecule has 28 heavy (non-hydrogen) atoms. The highest BCUT2D eigenvalue weighted by atomic mass is 32.2. The zero-order valence-corrected chi connectivity index (χ0v) is 17.1. The summed E-state index contributed by atoms with van der Waals surface area (Å²) in [5.41, 5.74) is 2.05. The molecule has 3 heterocycles. The number of morpholine rings is 1. The fraction of sp³-hybridized carbons (Fsp3) is 0.476. The quantitative estimate of drug-likeness (QED) is 0.788. The molecule has 2 saturated heterocycles. The van der Waals surface area contributed by atoms with E-state index in [9.17, 15) is 8.42 Å². The molecule has 0 N–H and O–H groups in total. The van der Waals surface area contributed by atoms with E-state index in [1.54, 1.807) is 22.6 Å². The lowest BCUT2D eigenvalue weighted by Crippen LogP contribution is -2.41. The van der Waals surface area contributed by atoms with Crippen LogP contribution in [-0.4, -0.2) is 50.6 Å². The third-order valence-corrected chi connectivity index (χ3v) is 7.49. The molecule has 1 aromatic heterocycles. The van der Waals surface area contributed by atoms with Crippen molar-refractivity contribution in [1.82, 2.24) is 9.29 Å². The maximum atomic E-state index is 13.4. The summed E-state index contributed by atoms with van der Waals surface area (Å²) < 4.78 is 34.0. The molecule has 2 aliphatic rings. The Hall–Kier alpha value is -1.96. The van der Waals surface area contributed by atoms with E-state index in [0.717, 1.165) is 49.3 Å². The Kier molecular flexibility index (Phi) is 5.66. The van der Waals surface area contributed by atoms with Crippen molar-refractivity contribution >= 4 is 15.8 Å². The number of ether oxygens (including phenoxy) is 1. The van der Waals surface area contributed by atoms with E-state index in [1.807, 2.05) is 31.2 Å². The summed E-state index contributed by atoms with van der Waals surface area (Å²) in [6.07, 6.45) is 4.50. The Morgan fingerprint density at radius 1 is 1.04 bits per heavy atom. The van der Waals surface area contributed by atoms with E-state index in [1.165, 1.54) is 0 Å². The third kappa shape index (κ3) is 3.79. The number of sulfonamides is 1. The van der Waals surface area contributed by atoms with Crippen molar-refractivity contribution in [3.63, 3.8) is 0 Å². The molecule has 6 nitrogen and oxygen atoms in total. The third-order valence-electron chi connectivity index (χ3n) is 5.57. The minimum atomic E-state index is -3.56. The first-order valence-electron chi connectivity index (χ1n) is 9.93. The normalized spacial score (nSPS) is 21.6. The number of aromatic nitrogens is 1. The Bertz CT molecular complexity index is 909. The van der Waals surface area contributed by atoms with Crippen LogP contribution in [-0.2, 0) is 14.8 Å². The molecule has 0 aliphatic carbocycles. The molecule has 0 bridgehead atoms. The first-order chi connectivity index (χ1) is 13.6. The lowest BCUT2D eigenvalue weighted by molar-refractivity contribution is 0.122. The van der Waals surface area contributed by atoms with Crippen LogP contribution >= 0.6 is 0 Å². The van der Waals surface area contributed by atoms with Gasteiger partial charge in [0.2, 0.25) is 10.0 Å². The van der Waals surface area contributed by atoms with Gasteiger partial charge in [-0.3, -0.25) is 0 Å². The largest absolute Gasteiger partial charge is 0.378 e. The SMILES string of the molecule is Cc1ccc(S(=O)(=O)N2CCCC[C@@H]2c2cccnc2N2CCOCC2)cc1. The first-order valence-corrected chi connectivity index (χ1v) is 11.4. The molecule has 1 atom stereocenters. The molecule has 1 aromatic carbocycles.